The minimum Gasteiger partial charge on any atom is -0.268 e. The first-order valence-electron chi connectivity index (χ1n) is 6.85. The number of benzene rings is 2. The van der Waals surface area contributed by atoms with Gasteiger partial charge in [-0.25, -0.2) is 0 Å². The van der Waals surface area contributed by atoms with Crippen LogP contribution in [0.1, 0.15) is 15.9 Å². The number of hydrogen-bond donors (Lipinski definition) is 2. The number of hydrogen-bond acceptors (Lipinski definition) is 4. The number of hydrazine groups is 1. The molecule has 0 aliphatic carbocycles. The topological polar surface area (TPSA) is 101 Å². The summed E-state index contributed by atoms with van der Waals surface area (Å²) < 4.78 is 0. The maximum atomic E-state index is 11.9. The summed E-state index contributed by atoms with van der Waals surface area (Å²) >= 11 is 11.9. The van der Waals surface area contributed by atoms with Crippen molar-refractivity contribution in [2.75, 3.05) is 0 Å². The lowest BCUT2D eigenvalue weighted by Crippen LogP contribution is -2.40. The number of non-ortho nitro benzene ring substituents is 1. The lowest BCUT2D eigenvalue weighted by Gasteiger charge is -2.05. The number of nitrogens with zero attached hydrogens (tertiary/aromatic N) is 1. The molecule has 0 heterocycles. The third-order valence-electron chi connectivity index (χ3n) is 3.02. The molecule has 7 nitrogen and oxygen atoms in total. The van der Waals surface area contributed by atoms with Gasteiger partial charge in [-0.2, -0.15) is 0 Å². The van der Waals surface area contributed by atoms with Crippen LogP contribution in [0.4, 0.5) is 5.69 Å². The van der Waals surface area contributed by atoms with Crippen molar-refractivity contribution in [2.45, 2.75) is 0 Å². The van der Waals surface area contributed by atoms with E-state index in [0.717, 1.165) is 12.1 Å². The lowest BCUT2D eigenvalue weighted by atomic mass is 10.2. The summed E-state index contributed by atoms with van der Waals surface area (Å²) in [5.74, 6) is -1.32. The van der Waals surface area contributed by atoms with E-state index in [1.807, 2.05) is 0 Å². The molecule has 9 heteroatoms. The van der Waals surface area contributed by atoms with Gasteiger partial charge >= 0.3 is 0 Å². The van der Waals surface area contributed by atoms with Gasteiger partial charge in [0.1, 0.15) is 0 Å². The van der Waals surface area contributed by atoms with Crippen LogP contribution in [0.25, 0.3) is 6.08 Å². The molecule has 128 valence electrons. The number of carbonyl (C=O) groups is 2. The highest BCUT2D eigenvalue weighted by atomic mass is 35.5. The summed E-state index contributed by atoms with van der Waals surface area (Å²) in [6.07, 6.45) is 2.54. The molecule has 0 saturated heterocycles. The quantitative estimate of drug-likeness (QED) is 0.482. The molecule has 2 amide bonds. The average molecular weight is 380 g/mol. The molecule has 2 N–H and O–H groups in total. The van der Waals surface area contributed by atoms with E-state index in [-0.39, 0.29) is 11.3 Å². The second-order valence-electron chi connectivity index (χ2n) is 4.72. The molecular weight excluding hydrogens is 369 g/mol. The van der Waals surface area contributed by atoms with Crippen molar-refractivity contribution >= 4 is 46.8 Å². The normalized spacial score (nSPS) is 10.5. The Hall–Kier alpha value is -2.90. The number of amides is 2. The van der Waals surface area contributed by atoms with E-state index in [4.69, 9.17) is 23.2 Å². The van der Waals surface area contributed by atoms with E-state index in [1.165, 1.54) is 24.3 Å². The molecular formula is C16H11Cl2N3O4. The van der Waals surface area contributed by atoms with Gasteiger partial charge in [-0.05, 0) is 24.3 Å². The van der Waals surface area contributed by atoms with Crippen LogP contribution in [0.2, 0.25) is 10.0 Å². The first-order chi connectivity index (χ1) is 11.9. The smallest absolute Gasteiger partial charge is 0.268 e. The minimum atomic E-state index is -0.693. The maximum Gasteiger partial charge on any atom is 0.270 e. The van der Waals surface area contributed by atoms with E-state index in [0.29, 0.717) is 15.6 Å². The molecule has 0 aromatic heterocycles. The van der Waals surface area contributed by atoms with Gasteiger partial charge in [0.25, 0.3) is 17.5 Å². The summed E-state index contributed by atoms with van der Waals surface area (Å²) in [7, 11) is 0. The van der Waals surface area contributed by atoms with E-state index in [9.17, 15) is 19.7 Å². The third kappa shape index (κ3) is 5.03. The largest absolute Gasteiger partial charge is 0.270 e. The fourth-order valence-corrected chi connectivity index (χ4v) is 2.35. The Labute approximate surface area is 152 Å². The van der Waals surface area contributed by atoms with Crippen LogP contribution in [-0.4, -0.2) is 16.7 Å². The molecule has 0 radical (unpaired) electrons. The van der Waals surface area contributed by atoms with Crippen LogP contribution in [-0.2, 0) is 4.79 Å². The molecule has 0 bridgehead atoms. The number of nitro groups is 1. The van der Waals surface area contributed by atoms with E-state index in [2.05, 4.69) is 10.9 Å². The van der Waals surface area contributed by atoms with Gasteiger partial charge < -0.3 is 0 Å². The van der Waals surface area contributed by atoms with Gasteiger partial charge in [-0.15, -0.1) is 0 Å². The molecule has 0 aliphatic rings. The van der Waals surface area contributed by atoms with Crippen molar-refractivity contribution in [1.29, 1.82) is 0 Å². The van der Waals surface area contributed by atoms with E-state index < -0.39 is 16.7 Å². The first-order valence-corrected chi connectivity index (χ1v) is 7.61. The van der Waals surface area contributed by atoms with Crippen molar-refractivity contribution in [1.82, 2.24) is 10.9 Å². The predicted octanol–water partition coefficient (Wildman–Crippen LogP) is 3.38. The molecule has 0 fully saturated rings. The maximum absolute atomic E-state index is 11.9. The summed E-state index contributed by atoms with van der Waals surface area (Å²) in [6.45, 7) is 0. The Bertz CT molecular complexity index is 848. The van der Waals surface area contributed by atoms with Crippen LogP contribution < -0.4 is 10.9 Å². The van der Waals surface area contributed by atoms with Gasteiger partial charge in [0.15, 0.2) is 0 Å². The molecule has 0 spiro atoms. The Morgan fingerprint density at radius 1 is 1.04 bits per heavy atom. The van der Waals surface area contributed by atoms with Crippen LogP contribution >= 0.6 is 23.2 Å². The Morgan fingerprint density at radius 2 is 1.68 bits per heavy atom. The summed E-state index contributed by atoms with van der Waals surface area (Å²) in [4.78, 5) is 33.7. The fraction of sp³-hybridized carbons (Fsp3) is 0. The number of rotatable bonds is 4. The lowest BCUT2D eigenvalue weighted by molar-refractivity contribution is -0.384. The zero-order valence-corrected chi connectivity index (χ0v) is 14.0. The zero-order valence-electron chi connectivity index (χ0n) is 12.5. The molecule has 0 saturated carbocycles. The van der Waals surface area contributed by atoms with Crippen LogP contribution in [0.15, 0.2) is 48.5 Å². The van der Waals surface area contributed by atoms with Crippen molar-refractivity contribution in [2.24, 2.45) is 0 Å². The number of halogens is 2. The van der Waals surface area contributed by atoms with Gasteiger partial charge in [-0.1, -0.05) is 35.3 Å². The van der Waals surface area contributed by atoms with Crippen LogP contribution in [0.3, 0.4) is 0 Å². The third-order valence-corrected chi connectivity index (χ3v) is 3.68. The van der Waals surface area contributed by atoms with Crippen LogP contribution in [0.5, 0.6) is 0 Å². The zero-order chi connectivity index (χ0) is 18.4. The second-order valence-corrected chi connectivity index (χ2v) is 5.53. The van der Waals surface area contributed by atoms with Gasteiger partial charge in [-0.3, -0.25) is 30.6 Å². The molecule has 25 heavy (non-hydrogen) atoms. The molecule has 2 aromatic rings. The number of nitrogens with one attached hydrogen (secondary N) is 2. The predicted molar refractivity (Wildman–Crippen MR) is 94.2 cm³/mol. The molecule has 2 rings (SSSR count). The van der Waals surface area contributed by atoms with Gasteiger partial charge in [0.2, 0.25) is 0 Å². The molecule has 0 unspecified atom stereocenters. The first kappa shape index (κ1) is 18.4. The Kier molecular flexibility index (Phi) is 6.10. The SMILES string of the molecule is O=C(/C=C/c1c(Cl)cccc1Cl)NNC(=O)c1cccc([N+](=O)[O-])c1. The Balaban J connectivity index is 1.98. The summed E-state index contributed by atoms with van der Waals surface area (Å²) in [5, 5.41) is 11.4. The fourth-order valence-electron chi connectivity index (χ4n) is 1.82. The van der Waals surface area contributed by atoms with Gasteiger partial charge in [0, 0.05) is 39.4 Å². The highest BCUT2D eigenvalue weighted by Gasteiger charge is 2.11. The molecule has 2 aromatic carbocycles. The average Bonchev–Trinajstić information content (AvgIpc) is 2.59. The van der Waals surface area contributed by atoms with Gasteiger partial charge in [0.05, 0.1) is 4.92 Å². The van der Waals surface area contributed by atoms with Crippen molar-refractivity contribution in [3.05, 3.63) is 79.8 Å². The van der Waals surface area contributed by atoms with E-state index in [1.54, 1.807) is 18.2 Å². The van der Waals surface area contributed by atoms with Crippen molar-refractivity contribution < 1.29 is 14.5 Å². The van der Waals surface area contributed by atoms with Crippen LogP contribution in [0, 0.1) is 10.1 Å². The summed E-state index contributed by atoms with van der Waals surface area (Å²) in [5.41, 5.74) is 4.58. The monoisotopic (exact) mass is 379 g/mol. The highest BCUT2D eigenvalue weighted by Crippen LogP contribution is 2.25. The summed E-state index contributed by atoms with van der Waals surface area (Å²) in [6, 6.07) is 10.0. The molecule has 0 atom stereocenters. The molecule has 0 aliphatic heterocycles. The number of nitro benzene ring substituents is 1. The standard InChI is InChI=1S/C16H11Cl2N3O4/c17-13-5-2-6-14(18)12(13)7-8-15(22)19-20-16(23)10-3-1-4-11(9-10)21(24)25/h1-9H,(H,19,22)(H,20,23)/b8-7+. The minimum absolute atomic E-state index is 0.0348. The van der Waals surface area contributed by atoms with E-state index >= 15 is 0 Å². The highest BCUT2D eigenvalue weighted by molar-refractivity contribution is 6.37. The number of carbonyl (C=O) groups excluding carboxylic acids is 2. The Morgan fingerprint density at radius 3 is 2.32 bits per heavy atom. The van der Waals surface area contributed by atoms with Crippen molar-refractivity contribution in [3.8, 4) is 0 Å². The van der Waals surface area contributed by atoms with Crippen molar-refractivity contribution in [3.63, 3.8) is 0 Å². The second kappa shape index (κ2) is 8.27.